The van der Waals surface area contributed by atoms with Crippen molar-refractivity contribution in [2.45, 2.75) is 20.8 Å². The van der Waals surface area contributed by atoms with Gasteiger partial charge in [0.15, 0.2) is 0 Å². The number of amides is 1. The summed E-state index contributed by atoms with van der Waals surface area (Å²) >= 11 is 0. The maximum absolute atomic E-state index is 12.0. The Balaban J connectivity index is 3.21. The monoisotopic (exact) mass is 241 g/mol. The van der Waals surface area contributed by atoms with Gasteiger partial charge in [-0.2, -0.15) is 10.5 Å². The molecule has 0 spiro atoms. The molecule has 1 aromatic rings. The third-order valence-corrected chi connectivity index (χ3v) is 2.63. The summed E-state index contributed by atoms with van der Waals surface area (Å²) in [4.78, 5) is 13.6. The van der Waals surface area contributed by atoms with E-state index in [0.29, 0.717) is 23.4 Å². The molecule has 0 aliphatic heterocycles. The number of nitriles is 2. The van der Waals surface area contributed by atoms with E-state index in [9.17, 15) is 4.79 Å². The molecule has 1 amide bonds. The van der Waals surface area contributed by atoms with Crippen molar-refractivity contribution >= 4 is 11.6 Å². The molecule has 0 saturated heterocycles. The molecule has 92 valence electrons. The molecule has 0 fully saturated rings. The summed E-state index contributed by atoms with van der Waals surface area (Å²) < 4.78 is 0. The minimum Gasteiger partial charge on any atom is -0.312 e. The second-order valence-corrected chi connectivity index (χ2v) is 4.19. The molecule has 1 rings (SSSR count). The number of carbonyl (C=O) groups excluding carboxylic acids is 1. The van der Waals surface area contributed by atoms with E-state index in [1.807, 2.05) is 32.9 Å². The molecule has 0 aromatic heterocycles. The van der Waals surface area contributed by atoms with Gasteiger partial charge in [-0.3, -0.25) is 4.79 Å². The van der Waals surface area contributed by atoms with Crippen LogP contribution in [0, 0.1) is 28.6 Å². The summed E-state index contributed by atoms with van der Waals surface area (Å²) in [5, 5.41) is 17.8. The van der Waals surface area contributed by atoms with Crippen LogP contribution in [-0.4, -0.2) is 12.5 Å². The van der Waals surface area contributed by atoms with Gasteiger partial charge in [0.2, 0.25) is 5.91 Å². The Kier molecular flexibility index (Phi) is 4.45. The highest BCUT2D eigenvalue weighted by molar-refractivity contribution is 5.94. The predicted molar refractivity (Wildman–Crippen MR) is 68.7 cm³/mol. The van der Waals surface area contributed by atoms with E-state index in [1.54, 1.807) is 23.1 Å². The van der Waals surface area contributed by atoms with E-state index in [-0.39, 0.29) is 11.8 Å². The fraction of sp³-hybridized carbons (Fsp3) is 0.357. The van der Waals surface area contributed by atoms with E-state index in [0.717, 1.165) is 0 Å². The normalized spacial score (nSPS) is 9.67. The lowest BCUT2D eigenvalue weighted by Crippen LogP contribution is -2.34. The first-order chi connectivity index (χ1) is 8.54. The molecule has 4 nitrogen and oxygen atoms in total. The summed E-state index contributed by atoms with van der Waals surface area (Å²) in [5.41, 5.74) is 1.28. The SMILES string of the molecule is CCN(C(=O)C(C)C)c1ccc(C#N)c(C#N)c1. The number of benzene rings is 1. The first-order valence-corrected chi connectivity index (χ1v) is 5.80. The zero-order chi connectivity index (χ0) is 13.7. The second-order valence-electron chi connectivity index (χ2n) is 4.19. The first-order valence-electron chi connectivity index (χ1n) is 5.80. The quantitative estimate of drug-likeness (QED) is 0.816. The maximum Gasteiger partial charge on any atom is 0.229 e. The first kappa shape index (κ1) is 13.7. The largest absolute Gasteiger partial charge is 0.312 e. The lowest BCUT2D eigenvalue weighted by atomic mass is 10.1. The van der Waals surface area contributed by atoms with Crippen LogP contribution >= 0.6 is 0 Å². The van der Waals surface area contributed by atoms with Gasteiger partial charge >= 0.3 is 0 Å². The van der Waals surface area contributed by atoms with Crippen molar-refractivity contribution in [3.63, 3.8) is 0 Å². The van der Waals surface area contributed by atoms with Crippen LogP contribution in [0.25, 0.3) is 0 Å². The van der Waals surface area contributed by atoms with Crippen LogP contribution in [0.5, 0.6) is 0 Å². The van der Waals surface area contributed by atoms with Crippen LogP contribution in [0.3, 0.4) is 0 Å². The number of hydrogen-bond acceptors (Lipinski definition) is 3. The summed E-state index contributed by atoms with van der Waals surface area (Å²) in [6.45, 7) is 6.08. The molecular formula is C14H15N3O. The molecule has 0 bridgehead atoms. The molecule has 0 heterocycles. The van der Waals surface area contributed by atoms with E-state index in [1.165, 1.54) is 0 Å². The summed E-state index contributed by atoms with van der Waals surface area (Å²) in [6.07, 6.45) is 0. The number of hydrogen-bond donors (Lipinski definition) is 0. The van der Waals surface area contributed by atoms with Crippen molar-refractivity contribution < 1.29 is 4.79 Å². The highest BCUT2D eigenvalue weighted by Crippen LogP contribution is 2.20. The Morgan fingerprint density at radius 2 is 1.89 bits per heavy atom. The van der Waals surface area contributed by atoms with Gasteiger partial charge in [0.05, 0.1) is 11.1 Å². The predicted octanol–water partition coefficient (Wildman–Crippen LogP) is 2.44. The Morgan fingerprint density at radius 3 is 2.33 bits per heavy atom. The molecule has 0 saturated carbocycles. The van der Waals surface area contributed by atoms with Crippen molar-refractivity contribution in [1.29, 1.82) is 10.5 Å². The molecular weight excluding hydrogens is 226 g/mol. The number of anilines is 1. The highest BCUT2D eigenvalue weighted by atomic mass is 16.2. The minimum absolute atomic E-state index is 0.00565. The Hall–Kier alpha value is -2.33. The topological polar surface area (TPSA) is 67.9 Å². The summed E-state index contributed by atoms with van der Waals surface area (Å²) in [7, 11) is 0. The number of carbonyl (C=O) groups is 1. The average molecular weight is 241 g/mol. The fourth-order valence-electron chi connectivity index (χ4n) is 1.67. The van der Waals surface area contributed by atoms with Crippen molar-refractivity contribution in [3.05, 3.63) is 29.3 Å². The van der Waals surface area contributed by atoms with Gasteiger partial charge in [-0.1, -0.05) is 13.8 Å². The van der Waals surface area contributed by atoms with Gasteiger partial charge in [-0.25, -0.2) is 0 Å². The minimum atomic E-state index is -0.105. The zero-order valence-corrected chi connectivity index (χ0v) is 10.8. The molecule has 0 radical (unpaired) electrons. The number of rotatable bonds is 3. The van der Waals surface area contributed by atoms with Gasteiger partial charge < -0.3 is 4.90 Å². The standard InChI is InChI=1S/C14H15N3O/c1-4-17(14(18)10(2)3)13-6-5-11(8-15)12(7-13)9-16/h5-7,10H,4H2,1-3H3. The van der Waals surface area contributed by atoms with Crippen molar-refractivity contribution in [3.8, 4) is 12.1 Å². The Morgan fingerprint density at radius 1 is 1.28 bits per heavy atom. The molecule has 0 atom stereocenters. The highest BCUT2D eigenvalue weighted by Gasteiger charge is 2.18. The third kappa shape index (κ3) is 2.67. The summed E-state index contributed by atoms with van der Waals surface area (Å²) in [6, 6.07) is 8.79. The fourth-order valence-corrected chi connectivity index (χ4v) is 1.67. The van der Waals surface area contributed by atoms with E-state index >= 15 is 0 Å². The maximum atomic E-state index is 12.0. The van der Waals surface area contributed by atoms with E-state index < -0.39 is 0 Å². The van der Waals surface area contributed by atoms with Crippen LogP contribution in [0.4, 0.5) is 5.69 Å². The lowest BCUT2D eigenvalue weighted by Gasteiger charge is -2.23. The molecule has 18 heavy (non-hydrogen) atoms. The van der Waals surface area contributed by atoms with Crippen molar-refractivity contribution in [2.24, 2.45) is 5.92 Å². The second kappa shape index (κ2) is 5.84. The van der Waals surface area contributed by atoms with E-state index in [2.05, 4.69) is 0 Å². The van der Waals surface area contributed by atoms with Crippen LogP contribution < -0.4 is 4.90 Å². The molecule has 0 aliphatic carbocycles. The van der Waals surface area contributed by atoms with Gasteiger partial charge in [0.1, 0.15) is 12.1 Å². The lowest BCUT2D eigenvalue weighted by molar-refractivity contribution is -0.121. The van der Waals surface area contributed by atoms with Crippen LogP contribution in [0.2, 0.25) is 0 Å². The van der Waals surface area contributed by atoms with Crippen LogP contribution in [0.15, 0.2) is 18.2 Å². The molecule has 0 unspecified atom stereocenters. The zero-order valence-electron chi connectivity index (χ0n) is 10.8. The Labute approximate surface area is 107 Å². The smallest absolute Gasteiger partial charge is 0.229 e. The summed E-state index contributed by atoms with van der Waals surface area (Å²) in [5.74, 6) is -0.0998. The Bertz CT molecular complexity index is 535. The van der Waals surface area contributed by atoms with Crippen LogP contribution in [-0.2, 0) is 4.79 Å². The number of nitrogens with zero attached hydrogens (tertiary/aromatic N) is 3. The average Bonchev–Trinajstić information content (AvgIpc) is 2.39. The van der Waals surface area contributed by atoms with Gasteiger partial charge in [0.25, 0.3) is 0 Å². The van der Waals surface area contributed by atoms with Crippen molar-refractivity contribution in [1.82, 2.24) is 0 Å². The van der Waals surface area contributed by atoms with Gasteiger partial charge in [-0.15, -0.1) is 0 Å². The van der Waals surface area contributed by atoms with Gasteiger partial charge in [0, 0.05) is 18.2 Å². The van der Waals surface area contributed by atoms with Crippen LogP contribution in [0.1, 0.15) is 31.9 Å². The third-order valence-electron chi connectivity index (χ3n) is 2.63. The van der Waals surface area contributed by atoms with Crippen molar-refractivity contribution in [2.75, 3.05) is 11.4 Å². The van der Waals surface area contributed by atoms with E-state index in [4.69, 9.17) is 10.5 Å². The molecule has 0 aliphatic rings. The molecule has 1 aromatic carbocycles. The molecule has 0 N–H and O–H groups in total. The molecule has 4 heteroatoms. The van der Waals surface area contributed by atoms with Gasteiger partial charge in [-0.05, 0) is 25.1 Å².